The number of rotatable bonds is 9. The van der Waals surface area contributed by atoms with Gasteiger partial charge in [-0.1, -0.05) is 98.5 Å². The zero-order valence-electron chi connectivity index (χ0n) is 59.6. The van der Waals surface area contributed by atoms with Crippen LogP contribution in [0.5, 0.6) is 0 Å². The number of carboxylic acid groups (broad SMARTS) is 1. The smallest absolute Gasteiger partial charge is 0.410 e. The van der Waals surface area contributed by atoms with E-state index in [0.29, 0.717) is 77.5 Å². The van der Waals surface area contributed by atoms with Gasteiger partial charge in [-0.25, -0.2) is 45.9 Å². The lowest BCUT2D eigenvalue weighted by molar-refractivity contribution is -0.145. The maximum absolute atomic E-state index is 14.3. The van der Waals surface area contributed by atoms with Crippen LogP contribution in [0.25, 0.3) is 0 Å². The summed E-state index contributed by atoms with van der Waals surface area (Å²) in [4.78, 5) is 140. The van der Waals surface area contributed by atoms with Crippen LogP contribution in [0.1, 0.15) is 179 Å². The molecule has 4 saturated carbocycles. The molecule has 564 valence electrons. The quantitative estimate of drug-likeness (QED) is 0.112. The summed E-state index contributed by atoms with van der Waals surface area (Å²) in [5.74, 6) is -5.08. The number of alkyl carbamates (subject to hydrolysis) is 2. The van der Waals surface area contributed by atoms with Crippen molar-refractivity contribution in [1.29, 1.82) is 0 Å². The van der Waals surface area contributed by atoms with Gasteiger partial charge in [-0.15, -0.1) is 0 Å². The molecule has 6 fully saturated rings. The Labute approximate surface area is 601 Å². The highest BCUT2D eigenvalue weighted by Gasteiger charge is 2.63. The maximum atomic E-state index is 14.3. The van der Waals surface area contributed by atoms with Crippen LogP contribution in [0, 0.1) is 11.8 Å². The molecule has 103 heavy (non-hydrogen) atoms. The van der Waals surface area contributed by atoms with E-state index >= 15 is 0 Å². The topological polar surface area (TPSA) is 395 Å². The Bertz CT molecular complexity index is 3850. The number of fused-ring (bicyclic) bond motifs is 6. The van der Waals surface area contributed by atoms with Gasteiger partial charge < -0.3 is 64.9 Å². The van der Waals surface area contributed by atoms with E-state index in [-0.39, 0.29) is 56.4 Å². The van der Waals surface area contributed by atoms with Crippen LogP contribution in [0.3, 0.4) is 0 Å². The van der Waals surface area contributed by atoms with Gasteiger partial charge in [0, 0.05) is 50.9 Å². The van der Waals surface area contributed by atoms with Gasteiger partial charge in [-0.05, 0) is 154 Å². The SMILES string of the molecule is CC(C)(C)OC(=O)N[C@H]1CCCCC/C=C\[C@@H]2C[C@@]2(C(=O)NS(=O)(=O)C2CC2)NC(=O)[C@@H]2C[C@@H](OC(=O)N3CCc4ccccc4C3)CN2C1=O.CC(C)(C)OC(=O)N[C@H]1CCCCC/C=C\[C@@H]2C[C@@]2(C(=O)O)NC(=O)[C@@H]2C[C@@H](OC(=O)N3CCc4ccccc4C3)CN2C1=O.NS(=O)(=O)C1CC1. The summed E-state index contributed by atoms with van der Waals surface area (Å²) in [6.07, 6.45) is 13.9. The normalized spacial score (nSPS) is 28.8. The molecule has 10 aliphatic rings. The van der Waals surface area contributed by atoms with Crippen molar-refractivity contribution in [3.8, 4) is 0 Å². The van der Waals surface area contributed by atoms with Crippen molar-refractivity contribution in [3.05, 3.63) is 95.1 Å². The number of allylic oxidation sites excluding steroid dienone is 2. The van der Waals surface area contributed by atoms with Crippen LogP contribution in [0.15, 0.2) is 72.8 Å². The molecule has 10 atom stereocenters. The molecular formula is C72H100N10O19S2. The summed E-state index contributed by atoms with van der Waals surface area (Å²) < 4.78 is 70.7. The standard InChI is InChI=1S/C36H49N5O9S.C33H44N4O8.C3H7NO2S/c1-35(2,3)50-33(45)37-28-14-8-6-4-5-7-13-25-20-36(25,32(44)39-51(47,48)27-15-16-27)38-30(42)29-19-26(22-41(29)31(28)43)49-34(46)40-18-17-23-11-9-10-12-24(23)21-40;1-32(2,3)45-30(42)34-25-14-8-6-4-5-7-13-23-18-33(23,29(40)41)35-27(38)26-17-24(20-37(26)28(25)39)44-31(43)36-16-15-21-11-9-10-12-22(21)19-36;4-7(5,6)3-1-2-3/h7,9-13,25-29H,4-6,8,14-22H2,1-3H3,(H,37,45)(H,38,42)(H,39,44);7,9-13,23-26H,4-6,8,14-20H2,1-3H3,(H,34,42)(H,35,38)(H,40,41);3H,1-2H2,(H2,4,5,6)/b2*13-7-;/t25-,26-,28+,29+,36-;23-,24-,25+,26+,33-;/m11./s1. The van der Waals surface area contributed by atoms with E-state index < -0.39 is 150 Å². The number of sulfonamides is 2. The molecule has 0 radical (unpaired) electrons. The molecule has 31 heteroatoms. The summed E-state index contributed by atoms with van der Waals surface area (Å²) in [7, 11) is -7.02. The minimum atomic E-state index is -3.89. The second kappa shape index (κ2) is 32.0. The first-order valence-electron chi connectivity index (χ1n) is 36.0. The molecule has 0 spiro atoms. The van der Waals surface area contributed by atoms with Crippen molar-refractivity contribution < 1.29 is 88.8 Å². The van der Waals surface area contributed by atoms with Crippen molar-refractivity contribution in [2.24, 2.45) is 17.0 Å². The summed E-state index contributed by atoms with van der Waals surface area (Å²) in [6, 6.07) is 11.5. The van der Waals surface area contributed by atoms with E-state index in [1.807, 2.05) is 72.8 Å². The summed E-state index contributed by atoms with van der Waals surface area (Å²) >= 11 is 0. The molecule has 6 heterocycles. The lowest BCUT2D eigenvalue weighted by Crippen LogP contribution is -2.58. The van der Waals surface area contributed by atoms with Gasteiger partial charge >= 0.3 is 30.3 Å². The monoisotopic (exact) mass is 1470 g/mol. The average Bonchev–Trinajstić information content (AvgIpc) is 1.58. The largest absolute Gasteiger partial charge is 0.479 e. The van der Waals surface area contributed by atoms with Crippen LogP contribution >= 0.6 is 0 Å². The van der Waals surface area contributed by atoms with E-state index in [2.05, 4.69) is 26.0 Å². The molecule has 4 aliphatic carbocycles. The molecule has 2 aromatic rings. The van der Waals surface area contributed by atoms with Crippen LogP contribution in [0.2, 0.25) is 0 Å². The van der Waals surface area contributed by atoms with Crippen molar-refractivity contribution in [2.75, 3.05) is 26.2 Å². The van der Waals surface area contributed by atoms with Crippen LogP contribution in [-0.2, 0) is 93.7 Å². The number of carboxylic acids is 1. The highest BCUT2D eigenvalue weighted by molar-refractivity contribution is 7.91. The predicted octanol–water partition coefficient (Wildman–Crippen LogP) is 6.01. The average molecular weight is 1470 g/mol. The zero-order valence-corrected chi connectivity index (χ0v) is 61.2. The van der Waals surface area contributed by atoms with Gasteiger partial charge in [0.05, 0.1) is 23.6 Å². The number of ether oxygens (including phenoxy) is 4. The predicted molar refractivity (Wildman–Crippen MR) is 374 cm³/mol. The molecular weight excluding hydrogens is 1370 g/mol. The fraction of sp³-hybridized carbons (Fsp3) is 0.639. The number of hydrogen-bond donors (Lipinski definition) is 7. The lowest BCUT2D eigenvalue weighted by Gasteiger charge is -2.30. The number of amides is 9. The summed E-state index contributed by atoms with van der Waals surface area (Å²) in [6.45, 7) is 11.8. The van der Waals surface area contributed by atoms with Crippen molar-refractivity contribution in [3.63, 3.8) is 0 Å². The number of carbonyl (C=O) groups excluding carboxylic acids is 9. The Hall–Kier alpha value is -8.32. The fourth-order valence-corrected chi connectivity index (χ4v) is 16.2. The number of aliphatic carboxylic acids is 1. The van der Waals surface area contributed by atoms with Crippen molar-refractivity contribution >= 4 is 79.9 Å². The Morgan fingerprint density at radius 3 is 1.37 bits per heavy atom. The number of nitrogens with one attached hydrogen (secondary N) is 5. The molecule has 0 aromatic heterocycles. The molecule has 2 aromatic carbocycles. The van der Waals surface area contributed by atoms with Crippen molar-refractivity contribution in [2.45, 2.75) is 252 Å². The fourth-order valence-electron chi connectivity index (χ4n) is 14.0. The zero-order chi connectivity index (χ0) is 74.4. The van der Waals surface area contributed by atoms with Crippen LogP contribution in [0.4, 0.5) is 19.2 Å². The Morgan fingerprint density at radius 2 is 0.971 bits per heavy atom. The maximum Gasteiger partial charge on any atom is 0.410 e. The molecule has 29 nitrogen and oxygen atoms in total. The molecule has 6 aliphatic heterocycles. The Kier molecular flexibility index (Phi) is 24.0. The first-order valence-corrected chi connectivity index (χ1v) is 39.2. The first-order chi connectivity index (χ1) is 48.6. The number of carbonyl (C=O) groups is 10. The lowest BCUT2D eigenvalue weighted by atomic mass is 10.0. The Morgan fingerprint density at radius 1 is 0.563 bits per heavy atom. The van der Waals surface area contributed by atoms with E-state index in [1.54, 1.807) is 51.3 Å². The second-order valence-electron chi connectivity index (χ2n) is 30.7. The van der Waals surface area contributed by atoms with E-state index in [1.165, 1.54) is 15.4 Å². The highest BCUT2D eigenvalue weighted by atomic mass is 32.2. The number of nitrogens with two attached hydrogens (primary N) is 1. The summed E-state index contributed by atoms with van der Waals surface area (Å²) in [5.41, 5.74) is -0.166. The number of hydrogen-bond acceptors (Lipinski definition) is 18. The minimum absolute atomic E-state index is 0.00308. The minimum Gasteiger partial charge on any atom is -0.479 e. The van der Waals surface area contributed by atoms with Gasteiger partial charge in [0.15, 0.2) is 0 Å². The van der Waals surface area contributed by atoms with Crippen molar-refractivity contribution in [1.82, 2.24) is 45.6 Å². The second-order valence-corrected chi connectivity index (χ2v) is 34.5. The first kappa shape index (κ1) is 77.3. The van der Waals surface area contributed by atoms with Gasteiger partial charge in [0.1, 0.15) is 58.7 Å². The number of primary sulfonamides is 1. The number of nitrogens with zero attached hydrogens (tertiary/aromatic N) is 4. The van der Waals surface area contributed by atoms with Gasteiger partial charge in [0.25, 0.3) is 5.91 Å². The molecule has 8 N–H and O–H groups in total. The van der Waals surface area contributed by atoms with E-state index in [9.17, 15) is 69.9 Å². The molecule has 12 rings (SSSR count). The van der Waals surface area contributed by atoms with Gasteiger partial charge in [-0.2, -0.15) is 0 Å². The third-order valence-electron chi connectivity index (χ3n) is 20.1. The molecule has 2 saturated heterocycles. The van der Waals surface area contributed by atoms with E-state index in [0.717, 1.165) is 61.6 Å². The number of benzene rings is 2. The van der Waals surface area contributed by atoms with Gasteiger partial charge in [-0.3, -0.25) is 28.7 Å². The van der Waals surface area contributed by atoms with Crippen LogP contribution < -0.4 is 31.1 Å². The third kappa shape index (κ3) is 20.4. The molecule has 9 amide bonds. The summed E-state index contributed by atoms with van der Waals surface area (Å²) in [5, 5.41) is 24.9. The van der Waals surface area contributed by atoms with Gasteiger partial charge in [0.2, 0.25) is 43.7 Å². The molecule has 0 bridgehead atoms. The Balaban J connectivity index is 0.000000203. The molecule has 0 unspecified atom stereocenters. The third-order valence-corrected chi connectivity index (χ3v) is 23.4. The van der Waals surface area contributed by atoms with E-state index in [4.69, 9.17) is 24.1 Å². The van der Waals surface area contributed by atoms with Crippen LogP contribution in [-0.4, -0.2) is 197 Å². The highest BCUT2D eigenvalue weighted by Crippen LogP contribution is 2.47.